The number of carbonyl (C=O) groups excluding carboxylic acids is 3. The van der Waals surface area contributed by atoms with E-state index in [2.05, 4.69) is 0 Å². The van der Waals surface area contributed by atoms with Gasteiger partial charge in [0.2, 0.25) is 17.7 Å². The Morgan fingerprint density at radius 1 is 1.00 bits per heavy atom. The van der Waals surface area contributed by atoms with Crippen molar-refractivity contribution in [2.24, 2.45) is 5.92 Å². The first-order valence-corrected chi connectivity index (χ1v) is 14.0. The van der Waals surface area contributed by atoms with E-state index >= 15 is 0 Å². The molecule has 3 aliphatic rings. The summed E-state index contributed by atoms with van der Waals surface area (Å²) in [5, 5.41) is 9.67. The highest BCUT2D eigenvalue weighted by Gasteiger charge is 2.56. The van der Waals surface area contributed by atoms with Gasteiger partial charge in [-0.15, -0.1) is 0 Å². The summed E-state index contributed by atoms with van der Waals surface area (Å²) in [7, 11) is 0. The summed E-state index contributed by atoms with van der Waals surface area (Å²) >= 11 is 2.21. The molecule has 2 fully saturated rings. The Morgan fingerprint density at radius 2 is 1.68 bits per heavy atom. The van der Waals surface area contributed by atoms with Gasteiger partial charge in [0.15, 0.2) is 0 Å². The van der Waals surface area contributed by atoms with Gasteiger partial charge in [-0.2, -0.15) is 0 Å². The van der Waals surface area contributed by atoms with Crippen LogP contribution in [0.3, 0.4) is 0 Å². The third kappa shape index (κ3) is 4.14. The molecule has 0 spiro atoms. The maximum atomic E-state index is 13.9. The molecule has 3 amide bonds. The maximum absolute atomic E-state index is 13.9. The number of nitrogens with zero attached hydrogens (tertiary/aromatic N) is 3. The normalized spacial score (nSPS) is 22.9. The predicted octanol–water partition coefficient (Wildman–Crippen LogP) is 2.58. The molecular weight excluding hydrogens is 526 g/mol. The van der Waals surface area contributed by atoms with E-state index in [1.807, 2.05) is 19.1 Å². The molecule has 196 valence electrons. The molecule has 1 aromatic heterocycles. The van der Waals surface area contributed by atoms with Crippen LogP contribution in [0.2, 0.25) is 0 Å². The summed E-state index contributed by atoms with van der Waals surface area (Å²) < 4.78 is 6.78. The van der Waals surface area contributed by atoms with Crippen LogP contribution in [0, 0.1) is 12.8 Å². The zero-order valence-corrected chi connectivity index (χ0v) is 22.2. The van der Waals surface area contributed by atoms with E-state index in [9.17, 15) is 24.3 Å². The van der Waals surface area contributed by atoms with Crippen LogP contribution < -0.4 is 9.77 Å². The van der Waals surface area contributed by atoms with Crippen molar-refractivity contribution < 1.29 is 24.2 Å². The molecule has 0 radical (unpaired) electrons. The maximum Gasteiger partial charge on any atom is 0.308 e. The highest BCUT2D eigenvalue weighted by molar-refractivity contribution is 8.00. The minimum absolute atomic E-state index is 0.0766. The zero-order chi connectivity index (χ0) is 26.6. The second kappa shape index (κ2) is 9.72. The Hall–Kier alpha value is -3.41. The second-order valence-electron chi connectivity index (χ2n) is 9.60. The number of morpholine rings is 1. The van der Waals surface area contributed by atoms with Gasteiger partial charge in [-0.05, 0) is 36.8 Å². The molecule has 3 unspecified atom stereocenters. The molecule has 3 aromatic rings. The fourth-order valence-electron chi connectivity index (χ4n) is 5.29. The van der Waals surface area contributed by atoms with E-state index in [4.69, 9.17) is 4.74 Å². The molecule has 3 atom stereocenters. The third-order valence-corrected chi connectivity index (χ3v) is 9.85. The fraction of sp³-hybridized carbons (Fsp3) is 0.333. The monoisotopic (exact) mass is 551 g/mol. The van der Waals surface area contributed by atoms with Gasteiger partial charge in [0.1, 0.15) is 17.5 Å². The van der Waals surface area contributed by atoms with E-state index in [-0.39, 0.29) is 34.9 Å². The molecule has 6 rings (SSSR count). The highest BCUT2D eigenvalue weighted by Crippen LogP contribution is 2.54. The molecule has 2 saturated heterocycles. The third-order valence-electron chi connectivity index (χ3n) is 7.25. The molecule has 0 saturated carbocycles. The molecule has 0 bridgehead atoms. The van der Waals surface area contributed by atoms with Gasteiger partial charge in [0.25, 0.3) is 0 Å². The largest absolute Gasteiger partial charge is 0.508 e. The Morgan fingerprint density at radius 3 is 2.37 bits per heavy atom. The number of phenolic OH excluding ortho intramolecular Hbond substituents is 1. The van der Waals surface area contributed by atoms with Gasteiger partial charge in [-0.25, -0.2) is 4.90 Å². The molecule has 4 heterocycles. The number of carbonyl (C=O) groups is 3. The summed E-state index contributed by atoms with van der Waals surface area (Å²) in [6.07, 6.45) is 0. The number of imide groups is 1. The lowest BCUT2D eigenvalue weighted by atomic mass is 9.83. The number of hydrogen-bond acceptors (Lipinski definition) is 8. The molecular formula is C27H25N3O6S2. The molecule has 38 heavy (non-hydrogen) atoms. The van der Waals surface area contributed by atoms with Gasteiger partial charge in [0.05, 0.1) is 29.8 Å². The number of benzene rings is 2. The van der Waals surface area contributed by atoms with E-state index in [1.54, 1.807) is 29.2 Å². The number of anilines is 1. The lowest BCUT2D eigenvalue weighted by Gasteiger charge is -2.31. The van der Waals surface area contributed by atoms with Crippen molar-refractivity contribution in [2.45, 2.75) is 29.7 Å². The Labute approximate surface area is 226 Å². The van der Waals surface area contributed by atoms with Crippen LogP contribution in [0.1, 0.15) is 21.9 Å². The summed E-state index contributed by atoms with van der Waals surface area (Å²) in [6, 6.07) is 13.7. The number of rotatable bonds is 4. The fourth-order valence-corrected chi connectivity index (χ4v) is 8.07. The van der Waals surface area contributed by atoms with E-state index < -0.39 is 17.1 Å². The SMILES string of the molecule is Cc1ccc(N2C(=O)C3Sc4c(sc(=O)n4CC(=O)N4CCOCC4)C(c4ccc(O)cc4)C3C2=O)cc1. The van der Waals surface area contributed by atoms with Gasteiger partial charge < -0.3 is 14.7 Å². The Kier molecular flexibility index (Phi) is 6.37. The lowest BCUT2D eigenvalue weighted by molar-refractivity contribution is -0.136. The number of hydrogen-bond donors (Lipinski definition) is 1. The van der Waals surface area contributed by atoms with Gasteiger partial charge in [-0.1, -0.05) is 52.9 Å². The first kappa shape index (κ1) is 24.9. The van der Waals surface area contributed by atoms with Crippen LogP contribution in [0.15, 0.2) is 58.4 Å². The summed E-state index contributed by atoms with van der Waals surface area (Å²) in [5.41, 5.74) is 2.24. The van der Waals surface area contributed by atoms with E-state index in [0.29, 0.717) is 41.9 Å². The molecule has 9 nitrogen and oxygen atoms in total. The standard InChI is InChI=1S/C27H25N3O6S2/c1-15-2-6-17(7-3-15)30-24(33)21-20(16-4-8-18(31)9-5-16)23-26(37-22(21)25(30)34)29(27(35)38-23)14-19(32)28-10-12-36-13-11-28/h2-9,20-22,31H,10-14H2,1H3. The van der Waals surface area contributed by atoms with Crippen LogP contribution >= 0.6 is 23.1 Å². The minimum Gasteiger partial charge on any atom is -0.508 e. The van der Waals surface area contributed by atoms with Crippen molar-refractivity contribution in [3.63, 3.8) is 0 Å². The number of aromatic hydroxyl groups is 1. The van der Waals surface area contributed by atoms with Crippen LogP contribution in [-0.2, 0) is 25.7 Å². The van der Waals surface area contributed by atoms with Crippen molar-refractivity contribution in [3.05, 3.63) is 74.2 Å². The van der Waals surface area contributed by atoms with Crippen molar-refractivity contribution in [3.8, 4) is 5.75 Å². The van der Waals surface area contributed by atoms with Crippen molar-refractivity contribution in [2.75, 3.05) is 31.2 Å². The smallest absolute Gasteiger partial charge is 0.308 e. The molecule has 3 aliphatic heterocycles. The molecule has 2 aromatic carbocycles. The number of ether oxygens (including phenoxy) is 1. The number of fused-ring (bicyclic) bond motifs is 2. The minimum atomic E-state index is -0.756. The number of amides is 3. The van der Waals surface area contributed by atoms with Gasteiger partial charge >= 0.3 is 4.87 Å². The molecule has 0 aliphatic carbocycles. The first-order chi connectivity index (χ1) is 18.3. The van der Waals surface area contributed by atoms with Crippen LogP contribution in [-0.4, -0.2) is 63.8 Å². The summed E-state index contributed by atoms with van der Waals surface area (Å²) in [5.74, 6) is -2.07. The molecule has 1 N–H and O–H groups in total. The van der Waals surface area contributed by atoms with Crippen molar-refractivity contribution in [1.29, 1.82) is 0 Å². The number of aryl methyl sites for hydroxylation is 1. The van der Waals surface area contributed by atoms with Crippen LogP contribution in [0.4, 0.5) is 5.69 Å². The summed E-state index contributed by atoms with van der Waals surface area (Å²) in [4.78, 5) is 57.1. The van der Waals surface area contributed by atoms with E-state index in [0.717, 1.165) is 22.5 Å². The number of thioether (sulfide) groups is 1. The quantitative estimate of drug-likeness (QED) is 0.497. The van der Waals surface area contributed by atoms with Crippen LogP contribution in [0.25, 0.3) is 0 Å². The average molecular weight is 552 g/mol. The van der Waals surface area contributed by atoms with E-state index in [1.165, 1.54) is 33.4 Å². The average Bonchev–Trinajstić information content (AvgIpc) is 3.36. The predicted molar refractivity (Wildman–Crippen MR) is 143 cm³/mol. The Bertz CT molecular complexity index is 1470. The number of thiazole rings is 1. The summed E-state index contributed by atoms with van der Waals surface area (Å²) in [6.45, 7) is 3.63. The first-order valence-electron chi connectivity index (χ1n) is 12.3. The highest BCUT2D eigenvalue weighted by atomic mass is 32.2. The number of phenols is 1. The Balaban J connectivity index is 1.43. The van der Waals surface area contributed by atoms with Crippen LogP contribution in [0.5, 0.6) is 5.75 Å². The number of aromatic nitrogens is 1. The van der Waals surface area contributed by atoms with Crippen molar-refractivity contribution in [1.82, 2.24) is 9.47 Å². The van der Waals surface area contributed by atoms with Gasteiger partial charge in [0, 0.05) is 23.9 Å². The lowest BCUT2D eigenvalue weighted by Crippen LogP contribution is -2.43. The zero-order valence-electron chi connectivity index (χ0n) is 20.5. The van der Waals surface area contributed by atoms with Crippen molar-refractivity contribution >= 4 is 46.5 Å². The van der Waals surface area contributed by atoms with Gasteiger partial charge in [-0.3, -0.25) is 23.7 Å². The molecule has 11 heteroatoms. The second-order valence-corrected chi connectivity index (χ2v) is 11.7. The topological polar surface area (TPSA) is 109 Å².